The van der Waals surface area contributed by atoms with Crippen LogP contribution in [0.1, 0.15) is 0 Å². The molecule has 5 heteroatoms. The van der Waals surface area contributed by atoms with E-state index in [9.17, 15) is 0 Å². The van der Waals surface area contributed by atoms with Crippen LogP contribution < -0.4 is 0 Å². The molecule has 5 nitrogen and oxygen atoms in total. The summed E-state index contributed by atoms with van der Waals surface area (Å²) in [5.74, 6) is 1.87. The third kappa shape index (κ3) is 4.90. The van der Waals surface area contributed by atoms with Crippen molar-refractivity contribution in [2.24, 2.45) is 0 Å². The molecule has 0 amide bonds. The first kappa shape index (κ1) is 32.9. The Morgan fingerprint density at radius 3 is 1.62 bits per heavy atom. The summed E-state index contributed by atoms with van der Waals surface area (Å²) in [6.07, 6.45) is 0. The quantitative estimate of drug-likeness (QED) is 0.179. The summed E-state index contributed by atoms with van der Waals surface area (Å²) in [6.45, 7) is 0. The van der Waals surface area contributed by atoms with Crippen LogP contribution in [-0.4, -0.2) is 19.5 Å². The summed E-state index contributed by atoms with van der Waals surface area (Å²) in [7, 11) is 0. The van der Waals surface area contributed by atoms with Gasteiger partial charge in [0.15, 0.2) is 17.5 Å². The summed E-state index contributed by atoms with van der Waals surface area (Å²) in [6, 6.07) is 68.6. The number of nitrogens with zero attached hydrogens (tertiary/aromatic N) is 4. The summed E-state index contributed by atoms with van der Waals surface area (Å²) in [5, 5.41) is 13.6. The first-order chi connectivity index (χ1) is 29.7. The average Bonchev–Trinajstić information content (AvgIpc) is 3.85. The number of hydrogen-bond acceptors (Lipinski definition) is 4. The first-order valence-corrected chi connectivity index (χ1v) is 20.3. The summed E-state index contributed by atoms with van der Waals surface area (Å²) in [5.41, 5.74) is 7.81. The van der Waals surface area contributed by atoms with Crippen molar-refractivity contribution < 1.29 is 4.42 Å². The minimum Gasteiger partial charge on any atom is -0.456 e. The topological polar surface area (TPSA) is 56.7 Å². The molecule has 10 aromatic carbocycles. The van der Waals surface area contributed by atoms with E-state index in [1.165, 1.54) is 21.5 Å². The number of fused-ring (bicyclic) bond motifs is 11. The lowest BCUT2D eigenvalue weighted by atomic mass is 9.99. The van der Waals surface area contributed by atoms with Gasteiger partial charge in [-0.3, -0.25) is 0 Å². The Hall–Kier alpha value is -8.15. The third-order valence-electron chi connectivity index (χ3n) is 12.2. The summed E-state index contributed by atoms with van der Waals surface area (Å²) < 4.78 is 9.07. The highest BCUT2D eigenvalue weighted by molar-refractivity contribution is 6.22. The fraction of sp³-hybridized carbons (Fsp3) is 0. The molecule has 0 aliphatic rings. The normalized spacial score (nSPS) is 12.0. The molecule has 60 heavy (non-hydrogen) atoms. The van der Waals surface area contributed by atoms with Gasteiger partial charge in [0, 0.05) is 49.7 Å². The van der Waals surface area contributed by atoms with Crippen LogP contribution in [0, 0.1) is 0 Å². The molecule has 0 atom stereocenters. The van der Waals surface area contributed by atoms with Gasteiger partial charge in [0.25, 0.3) is 0 Å². The van der Waals surface area contributed by atoms with Gasteiger partial charge in [-0.2, -0.15) is 0 Å². The van der Waals surface area contributed by atoms with Crippen molar-refractivity contribution in [2.75, 3.05) is 0 Å². The highest BCUT2D eigenvalue weighted by Crippen LogP contribution is 2.43. The van der Waals surface area contributed by atoms with Gasteiger partial charge in [-0.1, -0.05) is 158 Å². The zero-order valence-electron chi connectivity index (χ0n) is 32.2. The van der Waals surface area contributed by atoms with Crippen molar-refractivity contribution in [3.8, 4) is 39.9 Å². The van der Waals surface area contributed by atoms with E-state index in [1.807, 2.05) is 6.07 Å². The maximum atomic E-state index is 6.66. The van der Waals surface area contributed by atoms with E-state index in [2.05, 4.69) is 193 Å². The maximum Gasteiger partial charge on any atom is 0.164 e. The van der Waals surface area contributed by atoms with Crippen molar-refractivity contribution in [3.05, 3.63) is 194 Å². The van der Waals surface area contributed by atoms with Gasteiger partial charge in [0.1, 0.15) is 11.2 Å². The maximum absolute atomic E-state index is 6.66. The van der Waals surface area contributed by atoms with Crippen LogP contribution in [0.3, 0.4) is 0 Å². The van der Waals surface area contributed by atoms with Crippen molar-refractivity contribution in [3.63, 3.8) is 0 Å². The van der Waals surface area contributed by atoms with E-state index in [-0.39, 0.29) is 0 Å². The Bertz CT molecular complexity index is 3810. The standard InChI is InChI=1S/C55H32N4O/c1-2-16-36-31-48-45(29-35(36)15-1)40-21-7-9-25-47(40)59(48)49-32-51-52(44-22-8-10-26-50(44)60-51)41-28-27-37(30-46(41)49)53-56-54(42-23-11-17-33-13-3-5-19-38(33)42)58-55(57-53)43-24-12-18-34-14-4-6-20-39(34)43/h1-32H. The lowest BCUT2D eigenvalue weighted by Gasteiger charge is -2.15. The van der Waals surface area contributed by atoms with E-state index >= 15 is 0 Å². The Balaban J connectivity index is 1.13. The van der Waals surface area contributed by atoms with E-state index in [1.54, 1.807) is 0 Å². The number of benzene rings is 10. The third-order valence-corrected chi connectivity index (χ3v) is 12.2. The van der Waals surface area contributed by atoms with Crippen molar-refractivity contribution in [1.82, 2.24) is 19.5 Å². The van der Waals surface area contributed by atoms with Crippen LogP contribution in [0.5, 0.6) is 0 Å². The highest BCUT2D eigenvalue weighted by atomic mass is 16.3. The van der Waals surface area contributed by atoms with Gasteiger partial charge in [0.05, 0.1) is 16.7 Å². The van der Waals surface area contributed by atoms with E-state index in [0.717, 1.165) is 87.7 Å². The minimum atomic E-state index is 0.606. The van der Waals surface area contributed by atoms with E-state index in [4.69, 9.17) is 19.4 Å². The smallest absolute Gasteiger partial charge is 0.164 e. The molecule has 0 fully saturated rings. The second-order valence-corrected chi connectivity index (χ2v) is 15.6. The fourth-order valence-corrected chi connectivity index (χ4v) is 9.45. The Morgan fingerprint density at radius 2 is 0.900 bits per heavy atom. The number of aromatic nitrogens is 4. The lowest BCUT2D eigenvalue weighted by Crippen LogP contribution is -2.01. The molecule has 0 saturated heterocycles. The van der Waals surface area contributed by atoms with Crippen molar-refractivity contribution in [2.45, 2.75) is 0 Å². The molecule has 3 heterocycles. The van der Waals surface area contributed by atoms with Crippen LogP contribution in [-0.2, 0) is 0 Å². The Morgan fingerprint density at radius 1 is 0.333 bits per heavy atom. The molecule has 13 aromatic rings. The van der Waals surface area contributed by atoms with Crippen LogP contribution >= 0.6 is 0 Å². The number of furan rings is 1. The molecule has 0 unspecified atom stereocenters. The zero-order valence-corrected chi connectivity index (χ0v) is 32.2. The lowest BCUT2D eigenvalue weighted by molar-refractivity contribution is 0.669. The highest BCUT2D eigenvalue weighted by Gasteiger charge is 2.22. The van der Waals surface area contributed by atoms with Gasteiger partial charge >= 0.3 is 0 Å². The predicted molar refractivity (Wildman–Crippen MR) is 248 cm³/mol. The molecule has 0 N–H and O–H groups in total. The summed E-state index contributed by atoms with van der Waals surface area (Å²) in [4.78, 5) is 15.9. The molecular formula is C55H32N4O. The average molecular weight is 765 g/mol. The number of rotatable bonds is 4. The second kappa shape index (κ2) is 12.7. The van der Waals surface area contributed by atoms with Crippen molar-refractivity contribution >= 4 is 86.8 Å². The van der Waals surface area contributed by atoms with Gasteiger partial charge in [-0.05, 0) is 68.0 Å². The van der Waals surface area contributed by atoms with Gasteiger partial charge in [0.2, 0.25) is 0 Å². The number of para-hydroxylation sites is 2. The molecule has 0 bridgehead atoms. The van der Waals surface area contributed by atoms with Gasteiger partial charge < -0.3 is 8.98 Å². The molecule has 0 aliphatic heterocycles. The minimum absolute atomic E-state index is 0.606. The molecule has 278 valence electrons. The van der Waals surface area contributed by atoms with Crippen LogP contribution in [0.15, 0.2) is 199 Å². The van der Waals surface area contributed by atoms with Crippen LogP contribution in [0.25, 0.3) is 127 Å². The molecule has 3 aromatic heterocycles. The Kier molecular flexibility index (Phi) is 6.95. The van der Waals surface area contributed by atoms with Crippen molar-refractivity contribution in [1.29, 1.82) is 0 Å². The predicted octanol–water partition coefficient (Wildman–Crippen LogP) is 14.5. The summed E-state index contributed by atoms with van der Waals surface area (Å²) >= 11 is 0. The first-order valence-electron chi connectivity index (χ1n) is 20.3. The molecule has 13 rings (SSSR count). The SMILES string of the molecule is c1ccc2cc3c(cc2c1)c1ccccc1n3-c1cc2oc3ccccc3c2c2ccc(-c3nc(-c4cccc5ccccc45)nc(-c4cccc5ccccc45)n3)cc12. The zero-order chi connectivity index (χ0) is 39.3. The van der Waals surface area contributed by atoms with Crippen LogP contribution in [0.4, 0.5) is 0 Å². The van der Waals surface area contributed by atoms with Gasteiger partial charge in [-0.25, -0.2) is 15.0 Å². The van der Waals surface area contributed by atoms with Gasteiger partial charge in [-0.15, -0.1) is 0 Å². The fourth-order valence-electron chi connectivity index (χ4n) is 9.45. The molecule has 0 saturated carbocycles. The van der Waals surface area contributed by atoms with E-state index < -0.39 is 0 Å². The largest absolute Gasteiger partial charge is 0.456 e. The second-order valence-electron chi connectivity index (χ2n) is 15.6. The molecule has 0 aliphatic carbocycles. The monoisotopic (exact) mass is 764 g/mol. The molecule has 0 radical (unpaired) electrons. The Labute approximate surface area is 343 Å². The molecular weight excluding hydrogens is 733 g/mol. The van der Waals surface area contributed by atoms with Crippen LogP contribution in [0.2, 0.25) is 0 Å². The molecule has 0 spiro atoms. The number of hydrogen-bond donors (Lipinski definition) is 0. The van der Waals surface area contributed by atoms with E-state index in [0.29, 0.717) is 17.5 Å².